The van der Waals surface area contributed by atoms with Crippen LogP contribution in [-0.4, -0.2) is 56.8 Å². The summed E-state index contributed by atoms with van der Waals surface area (Å²) in [6, 6.07) is 3.52. The molecular formula is C19H26N6O2. The van der Waals surface area contributed by atoms with Crippen molar-refractivity contribution in [2.45, 2.75) is 44.8 Å². The number of aromatic amines is 1. The number of pyridine rings is 1. The maximum Gasteiger partial charge on any atom is 0.237 e. The molecule has 144 valence electrons. The lowest BCUT2D eigenvalue weighted by Crippen LogP contribution is -2.42. The molecule has 0 aromatic carbocycles. The number of hydrogen-bond acceptors (Lipinski definition) is 5. The third-order valence-electron chi connectivity index (χ3n) is 4.72. The second-order valence-electron chi connectivity index (χ2n) is 6.73. The van der Waals surface area contributed by atoms with Crippen molar-refractivity contribution in [1.82, 2.24) is 30.5 Å². The smallest absolute Gasteiger partial charge is 0.237 e. The highest BCUT2D eigenvalue weighted by molar-refractivity contribution is 5.82. The molecule has 1 aliphatic heterocycles. The van der Waals surface area contributed by atoms with Crippen molar-refractivity contribution in [3.05, 3.63) is 48.3 Å². The second-order valence-corrected chi connectivity index (χ2v) is 6.73. The fourth-order valence-corrected chi connectivity index (χ4v) is 3.43. The Morgan fingerprint density at radius 2 is 2.11 bits per heavy atom. The summed E-state index contributed by atoms with van der Waals surface area (Å²) in [6.45, 7) is 3.68. The van der Waals surface area contributed by atoms with E-state index in [0.717, 1.165) is 11.4 Å². The standard InChI is InChI=1S/C19H26N6O2/c1-2-21-19(27)16-11-15(12-25(16)13-17-22-9-10-23-17)24-18(26)4-3-14-5-7-20-8-6-14/h5-10,15-16H,2-4,11-13H2,1H3,(H,21,27)(H,22,23)(H,24,26)/t15-,16+/m1/s1. The number of likely N-dealkylation sites (tertiary alicyclic amines) is 1. The summed E-state index contributed by atoms with van der Waals surface area (Å²) in [6.07, 6.45) is 8.63. The highest BCUT2D eigenvalue weighted by Gasteiger charge is 2.37. The SMILES string of the molecule is CCNC(=O)[C@@H]1C[C@@H](NC(=O)CCc2ccncc2)CN1Cc1ncc[nH]1. The van der Waals surface area contributed by atoms with Gasteiger partial charge >= 0.3 is 0 Å². The highest BCUT2D eigenvalue weighted by atomic mass is 16.2. The quantitative estimate of drug-likeness (QED) is 0.633. The molecule has 0 unspecified atom stereocenters. The van der Waals surface area contributed by atoms with E-state index in [0.29, 0.717) is 38.9 Å². The topological polar surface area (TPSA) is 103 Å². The first kappa shape index (κ1) is 19.0. The van der Waals surface area contributed by atoms with E-state index in [1.165, 1.54) is 0 Å². The molecule has 1 fully saturated rings. The first-order chi connectivity index (χ1) is 13.2. The van der Waals surface area contributed by atoms with Gasteiger partial charge in [0.05, 0.1) is 12.6 Å². The van der Waals surface area contributed by atoms with Crippen LogP contribution in [0.3, 0.4) is 0 Å². The van der Waals surface area contributed by atoms with Crippen LogP contribution < -0.4 is 10.6 Å². The molecule has 8 heteroatoms. The molecule has 0 saturated carbocycles. The van der Waals surface area contributed by atoms with E-state index in [9.17, 15) is 9.59 Å². The van der Waals surface area contributed by atoms with Crippen LogP contribution >= 0.6 is 0 Å². The number of nitrogens with one attached hydrogen (secondary N) is 3. The van der Waals surface area contributed by atoms with Gasteiger partial charge in [-0.3, -0.25) is 19.5 Å². The summed E-state index contributed by atoms with van der Waals surface area (Å²) < 4.78 is 0. The summed E-state index contributed by atoms with van der Waals surface area (Å²) in [7, 11) is 0. The Morgan fingerprint density at radius 3 is 2.81 bits per heavy atom. The Hall–Kier alpha value is -2.74. The predicted octanol–water partition coefficient (Wildman–Crippen LogP) is 0.633. The number of carbonyl (C=O) groups is 2. The molecule has 0 aliphatic carbocycles. The maximum atomic E-state index is 12.4. The van der Waals surface area contributed by atoms with Crippen LogP contribution in [0.5, 0.6) is 0 Å². The van der Waals surface area contributed by atoms with Crippen molar-refractivity contribution in [3.63, 3.8) is 0 Å². The molecule has 2 aromatic heterocycles. The molecule has 0 spiro atoms. The Morgan fingerprint density at radius 1 is 1.30 bits per heavy atom. The molecule has 1 aliphatic rings. The van der Waals surface area contributed by atoms with Crippen LogP contribution in [0.1, 0.15) is 31.2 Å². The van der Waals surface area contributed by atoms with Gasteiger partial charge in [-0.1, -0.05) is 0 Å². The van der Waals surface area contributed by atoms with E-state index in [2.05, 4.69) is 30.5 Å². The van der Waals surface area contributed by atoms with Gasteiger partial charge in [0.2, 0.25) is 11.8 Å². The van der Waals surface area contributed by atoms with E-state index in [-0.39, 0.29) is 23.9 Å². The van der Waals surface area contributed by atoms with Crippen LogP contribution in [-0.2, 0) is 22.6 Å². The van der Waals surface area contributed by atoms with Gasteiger partial charge in [-0.05, 0) is 37.5 Å². The molecule has 0 radical (unpaired) electrons. The summed E-state index contributed by atoms with van der Waals surface area (Å²) in [4.78, 5) is 38.1. The number of nitrogens with zero attached hydrogens (tertiary/aromatic N) is 3. The molecule has 27 heavy (non-hydrogen) atoms. The van der Waals surface area contributed by atoms with Gasteiger partial charge in [-0.25, -0.2) is 4.98 Å². The molecule has 0 bridgehead atoms. The zero-order chi connectivity index (χ0) is 19.1. The van der Waals surface area contributed by atoms with Gasteiger partial charge in [0.15, 0.2) is 0 Å². The number of amides is 2. The molecule has 1 saturated heterocycles. The molecular weight excluding hydrogens is 344 g/mol. The number of H-pyrrole nitrogens is 1. The van der Waals surface area contributed by atoms with Gasteiger partial charge in [-0.2, -0.15) is 0 Å². The van der Waals surface area contributed by atoms with Crippen molar-refractivity contribution in [2.75, 3.05) is 13.1 Å². The monoisotopic (exact) mass is 370 g/mol. The van der Waals surface area contributed by atoms with E-state index in [1.807, 2.05) is 19.1 Å². The van der Waals surface area contributed by atoms with Gasteiger partial charge in [0.1, 0.15) is 5.82 Å². The number of hydrogen-bond donors (Lipinski definition) is 3. The van der Waals surface area contributed by atoms with Gasteiger partial charge in [-0.15, -0.1) is 0 Å². The third kappa shape index (κ3) is 5.37. The van der Waals surface area contributed by atoms with E-state index in [1.54, 1.807) is 24.8 Å². The minimum atomic E-state index is -0.263. The van der Waals surface area contributed by atoms with Crippen molar-refractivity contribution in [3.8, 4) is 0 Å². The summed E-state index contributed by atoms with van der Waals surface area (Å²) in [5, 5.41) is 5.97. The Bertz CT molecular complexity index is 734. The lowest BCUT2D eigenvalue weighted by Gasteiger charge is -2.22. The van der Waals surface area contributed by atoms with Gasteiger partial charge < -0.3 is 15.6 Å². The molecule has 3 N–H and O–H groups in total. The van der Waals surface area contributed by atoms with Crippen LogP contribution in [0.4, 0.5) is 0 Å². The fourth-order valence-electron chi connectivity index (χ4n) is 3.43. The lowest BCUT2D eigenvalue weighted by atomic mass is 10.1. The van der Waals surface area contributed by atoms with Crippen LogP contribution in [0.2, 0.25) is 0 Å². The molecule has 2 amide bonds. The number of aryl methyl sites for hydroxylation is 1. The van der Waals surface area contributed by atoms with Crippen molar-refractivity contribution >= 4 is 11.8 Å². The van der Waals surface area contributed by atoms with E-state index in [4.69, 9.17) is 0 Å². The normalized spacial score (nSPS) is 19.7. The largest absolute Gasteiger partial charge is 0.355 e. The molecule has 2 aromatic rings. The van der Waals surface area contributed by atoms with E-state index >= 15 is 0 Å². The number of rotatable bonds is 8. The minimum absolute atomic E-state index is 0.00223. The average Bonchev–Trinajstić information content (AvgIpc) is 3.31. The predicted molar refractivity (Wildman–Crippen MR) is 101 cm³/mol. The molecule has 2 atom stereocenters. The Balaban J connectivity index is 1.55. The number of aromatic nitrogens is 3. The molecule has 8 nitrogen and oxygen atoms in total. The molecule has 3 heterocycles. The number of imidazole rings is 1. The van der Waals surface area contributed by atoms with Crippen molar-refractivity contribution in [2.24, 2.45) is 0 Å². The van der Waals surface area contributed by atoms with Crippen molar-refractivity contribution in [1.29, 1.82) is 0 Å². The fraction of sp³-hybridized carbons (Fsp3) is 0.474. The first-order valence-corrected chi connectivity index (χ1v) is 9.34. The van der Waals surface area contributed by atoms with Crippen LogP contribution in [0, 0.1) is 0 Å². The summed E-state index contributed by atoms with van der Waals surface area (Å²) in [5.41, 5.74) is 1.09. The second kappa shape index (κ2) is 9.27. The lowest BCUT2D eigenvalue weighted by molar-refractivity contribution is -0.125. The minimum Gasteiger partial charge on any atom is -0.355 e. The highest BCUT2D eigenvalue weighted by Crippen LogP contribution is 2.20. The van der Waals surface area contributed by atoms with Gasteiger partial charge in [0.25, 0.3) is 0 Å². The zero-order valence-electron chi connectivity index (χ0n) is 15.5. The Kier molecular flexibility index (Phi) is 6.54. The summed E-state index contributed by atoms with van der Waals surface area (Å²) >= 11 is 0. The molecule has 3 rings (SSSR count). The third-order valence-corrected chi connectivity index (χ3v) is 4.72. The summed E-state index contributed by atoms with van der Waals surface area (Å²) in [5.74, 6) is 0.817. The average molecular weight is 370 g/mol. The van der Waals surface area contributed by atoms with Crippen LogP contribution in [0.25, 0.3) is 0 Å². The van der Waals surface area contributed by atoms with Gasteiger partial charge in [0, 0.05) is 50.3 Å². The first-order valence-electron chi connectivity index (χ1n) is 9.34. The number of likely N-dealkylation sites (N-methyl/N-ethyl adjacent to an activating group) is 1. The van der Waals surface area contributed by atoms with E-state index < -0.39 is 0 Å². The maximum absolute atomic E-state index is 12.4. The van der Waals surface area contributed by atoms with Crippen molar-refractivity contribution < 1.29 is 9.59 Å². The number of carbonyl (C=O) groups excluding carboxylic acids is 2. The zero-order valence-corrected chi connectivity index (χ0v) is 15.5. The van der Waals surface area contributed by atoms with Crippen LogP contribution in [0.15, 0.2) is 36.9 Å². The Labute approximate surface area is 158 Å².